The van der Waals surface area contributed by atoms with Crippen molar-refractivity contribution in [1.29, 1.82) is 0 Å². The molecule has 4 heterocycles. The maximum Gasteiger partial charge on any atom is 0.357 e. The highest BCUT2D eigenvalue weighted by Gasteiger charge is 2.74. The molecule has 460 valence electrons. The summed E-state index contributed by atoms with van der Waals surface area (Å²) in [6.07, 6.45) is -25.7. The molecule has 30 atom stereocenters. The van der Waals surface area contributed by atoms with Crippen LogP contribution in [0.5, 0.6) is 0 Å². The van der Waals surface area contributed by atoms with Crippen LogP contribution in [-0.2, 0) is 42.7 Å². The molecule has 0 bridgehead atoms. The molecule has 0 amide bonds. The molecule has 5 aliphatic carbocycles. The van der Waals surface area contributed by atoms with Crippen molar-refractivity contribution in [2.45, 2.75) is 247 Å². The van der Waals surface area contributed by atoms with Gasteiger partial charge in [0.1, 0.15) is 73.2 Å². The number of rotatable bonds is 13. The van der Waals surface area contributed by atoms with Crippen LogP contribution in [0.4, 0.5) is 0 Å². The van der Waals surface area contributed by atoms with Gasteiger partial charge >= 0.3 is 23.9 Å². The number of fused-ring (bicyclic) bond motifs is 7. The van der Waals surface area contributed by atoms with Gasteiger partial charge in [0.15, 0.2) is 24.6 Å². The fourth-order valence-electron chi connectivity index (χ4n) is 17.6. The lowest BCUT2D eigenvalue weighted by molar-refractivity contribution is -0.474. The van der Waals surface area contributed by atoms with Crippen molar-refractivity contribution in [2.24, 2.45) is 56.7 Å². The standard InChI is InChI=1S/C55H90O25/c1-9-23(2)25-12-17-52(47(69)80-55(72)44(67)39(63)36(60)29(78-55)22-73-53(70)45(68)41(65)42(28(21-57)77-53)75-46-40(64)37(61)34(58)24(3)74-46)19-18-50(7)26(33(25)52)10-11-31-49(6)15-14-32(48(4,5)30(49)13-16-51(31,50)8)79-54(71)43(66)38(62)35(59)27(20-56)76-54/h24-46,56-68,70-72H,2,9-22H2,1,3-8H3. The maximum atomic E-state index is 15.3. The van der Waals surface area contributed by atoms with E-state index in [1.165, 1.54) is 6.92 Å². The van der Waals surface area contributed by atoms with Crippen molar-refractivity contribution >= 4 is 5.97 Å². The summed E-state index contributed by atoms with van der Waals surface area (Å²) < 4.78 is 45.4. The largest absolute Gasteiger partial charge is 0.405 e. The van der Waals surface area contributed by atoms with Gasteiger partial charge in [-0.3, -0.25) is 4.79 Å². The smallest absolute Gasteiger partial charge is 0.357 e. The number of aliphatic hydroxyl groups is 16. The van der Waals surface area contributed by atoms with E-state index < -0.39 is 165 Å². The fourth-order valence-corrected chi connectivity index (χ4v) is 17.6. The number of carbonyl (C=O) groups excluding carboxylic acids is 1. The number of hydrogen-bond acceptors (Lipinski definition) is 25. The molecule has 4 saturated heterocycles. The fraction of sp³-hybridized carbons (Fsp3) is 0.945. The number of carbonyl (C=O) groups is 1. The first-order valence-corrected chi connectivity index (χ1v) is 28.7. The molecule has 9 rings (SSSR count). The summed E-state index contributed by atoms with van der Waals surface area (Å²) in [5, 5.41) is 174. The minimum atomic E-state index is -3.33. The van der Waals surface area contributed by atoms with Crippen LogP contribution in [0.3, 0.4) is 0 Å². The molecule has 25 nitrogen and oxygen atoms in total. The van der Waals surface area contributed by atoms with E-state index in [2.05, 4.69) is 41.2 Å². The predicted molar refractivity (Wildman–Crippen MR) is 269 cm³/mol. The van der Waals surface area contributed by atoms with Gasteiger partial charge in [-0.05, 0) is 129 Å². The summed E-state index contributed by atoms with van der Waals surface area (Å²) in [5.74, 6) is -10.5. The van der Waals surface area contributed by atoms with Crippen LogP contribution < -0.4 is 0 Å². The first kappa shape index (κ1) is 62.8. The van der Waals surface area contributed by atoms with Crippen LogP contribution in [0, 0.1) is 56.7 Å². The lowest BCUT2D eigenvalue weighted by Crippen LogP contribution is -2.70. The summed E-state index contributed by atoms with van der Waals surface area (Å²) in [6, 6.07) is 0. The Morgan fingerprint density at radius 2 is 1.20 bits per heavy atom. The van der Waals surface area contributed by atoms with Crippen LogP contribution >= 0.6 is 0 Å². The van der Waals surface area contributed by atoms with Gasteiger partial charge in [-0.25, -0.2) is 0 Å². The molecule has 4 aliphatic heterocycles. The molecule has 0 spiro atoms. The molecule has 9 fully saturated rings. The Hall–Kier alpha value is -1.71. The molecule has 0 aromatic heterocycles. The monoisotopic (exact) mass is 1150 g/mol. The second kappa shape index (κ2) is 21.9. The van der Waals surface area contributed by atoms with Crippen molar-refractivity contribution in [2.75, 3.05) is 19.8 Å². The molecule has 80 heavy (non-hydrogen) atoms. The van der Waals surface area contributed by atoms with Crippen LogP contribution in [0.15, 0.2) is 12.2 Å². The SMILES string of the molecule is C=C(CC)C1CCC2(C(=O)OC3(O)OC(COC4(O)OC(CO)C(OC5OC(C)C(O)C(O)C5O)C(O)C4O)C(O)C(O)C3O)CCC3(C)C(CCC4C5(C)CCC(OC6(O)OC(CO)C(O)C(O)C6O)C(C)(C)C5CCC43C)C12. The van der Waals surface area contributed by atoms with Crippen LogP contribution in [0.1, 0.15) is 119 Å². The lowest BCUT2D eigenvalue weighted by Gasteiger charge is -2.73. The highest BCUT2D eigenvalue weighted by Crippen LogP contribution is 2.78. The lowest BCUT2D eigenvalue weighted by atomic mass is 9.32. The first-order chi connectivity index (χ1) is 37.2. The number of aliphatic hydroxyl groups excluding tert-OH is 13. The Labute approximate surface area is 464 Å². The van der Waals surface area contributed by atoms with E-state index in [0.29, 0.717) is 44.9 Å². The van der Waals surface area contributed by atoms with E-state index in [1.54, 1.807) is 0 Å². The topological polar surface area (TPSA) is 415 Å². The minimum Gasteiger partial charge on any atom is -0.405 e. The first-order valence-electron chi connectivity index (χ1n) is 28.7. The van der Waals surface area contributed by atoms with E-state index in [0.717, 1.165) is 31.3 Å². The summed E-state index contributed by atoms with van der Waals surface area (Å²) in [7, 11) is 0. The zero-order valence-corrected chi connectivity index (χ0v) is 46.7. The molecule has 16 N–H and O–H groups in total. The van der Waals surface area contributed by atoms with Gasteiger partial charge in [-0.1, -0.05) is 53.7 Å². The van der Waals surface area contributed by atoms with Crippen LogP contribution in [0.2, 0.25) is 0 Å². The average molecular weight is 1150 g/mol. The van der Waals surface area contributed by atoms with Crippen molar-refractivity contribution in [1.82, 2.24) is 0 Å². The quantitative estimate of drug-likeness (QED) is 0.0383. The Morgan fingerprint density at radius 1 is 0.600 bits per heavy atom. The third-order valence-corrected chi connectivity index (χ3v) is 22.4. The van der Waals surface area contributed by atoms with Gasteiger partial charge in [0.2, 0.25) is 0 Å². The Kier molecular flexibility index (Phi) is 17.2. The second-order valence-electron chi connectivity index (χ2n) is 26.5. The molecule has 25 heteroatoms. The Bertz CT molecular complexity index is 2240. The third kappa shape index (κ3) is 9.60. The van der Waals surface area contributed by atoms with Gasteiger partial charge < -0.3 is 120 Å². The highest BCUT2D eigenvalue weighted by atomic mass is 16.9. The predicted octanol–water partition coefficient (Wildman–Crippen LogP) is -2.80. The zero-order valence-electron chi connectivity index (χ0n) is 46.7. The zero-order chi connectivity index (χ0) is 59.0. The summed E-state index contributed by atoms with van der Waals surface area (Å²) in [4.78, 5) is 15.3. The molecule has 30 unspecified atom stereocenters. The highest BCUT2D eigenvalue weighted by molar-refractivity contribution is 5.78. The minimum absolute atomic E-state index is 0.0532. The number of hydrogen-bond donors (Lipinski definition) is 16. The van der Waals surface area contributed by atoms with E-state index >= 15 is 4.79 Å². The Balaban J connectivity index is 0.916. The normalized spacial score (nSPS) is 55.8. The number of allylic oxidation sites excluding steroid dienone is 1. The summed E-state index contributed by atoms with van der Waals surface area (Å²) >= 11 is 0. The molecule has 0 aromatic rings. The third-order valence-electron chi connectivity index (χ3n) is 22.4. The van der Waals surface area contributed by atoms with Crippen molar-refractivity contribution < 1.29 is 124 Å². The van der Waals surface area contributed by atoms with Crippen molar-refractivity contribution in [3.05, 3.63) is 12.2 Å². The van der Waals surface area contributed by atoms with Gasteiger partial charge in [0.05, 0.1) is 37.4 Å². The van der Waals surface area contributed by atoms with Gasteiger partial charge in [0, 0.05) is 0 Å². The molecule has 0 aromatic carbocycles. The Morgan fingerprint density at radius 3 is 1.84 bits per heavy atom. The second-order valence-corrected chi connectivity index (χ2v) is 26.5. The maximum absolute atomic E-state index is 15.3. The van der Waals surface area contributed by atoms with E-state index in [-0.39, 0.29) is 45.8 Å². The van der Waals surface area contributed by atoms with Crippen LogP contribution in [-0.4, -0.2) is 235 Å². The van der Waals surface area contributed by atoms with Gasteiger partial charge in [0.25, 0.3) is 0 Å². The molecular formula is C55H90O25. The molecule has 5 saturated carbocycles. The van der Waals surface area contributed by atoms with Gasteiger partial charge in [-0.2, -0.15) is 0 Å². The van der Waals surface area contributed by atoms with E-state index in [1.807, 2.05) is 6.92 Å². The summed E-state index contributed by atoms with van der Waals surface area (Å²) in [6.45, 7) is 16.2. The molecular weight excluding hydrogens is 1060 g/mol. The number of ether oxygens (including phenoxy) is 8. The summed E-state index contributed by atoms with van der Waals surface area (Å²) in [5.41, 5.74) is -1.78. The van der Waals surface area contributed by atoms with Gasteiger partial charge in [-0.15, -0.1) is 0 Å². The number of esters is 1. The average Bonchev–Trinajstić information content (AvgIpc) is 2.86. The van der Waals surface area contributed by atoms with Crippen molar-refractivity contribution in [3.63, 3.8) is 0 Å². The van der Waals surface area contributed by atoms with E-state index in [4.69, 9.17) is 37.9 Å². The molecule has 9 aliphatic rings. The van der Waals surface area contributed by atoms with Crippen molar-refractivity contribution in [3.8, 4) is 0 Å². The van der Waals surface area contributed by atoms with Crippen LogP contribution in [0.25, 0.3) is 0 Å². The van der Waals surface area contributed by atoms with E-state index in [9.17, 15) is 81.7 Å². The molecule has 0 radical (unpaired) electrons.